The summed E-state index contributed by atoms with van der Waals surface area (Å²) >= 11 is 3.43. The number of aliphatic hydroxyl groups excluding tert-OH is 1. The molecule has 7 nitrogen and oxygen atoms in total. The molecule has 0 saturated carbocycles. The predicted molar refractivity (Wildman–Crippen MR) is 114 cm³/mol. The second-order valence-corrected chi connectivity index (χ2v) is 8.23. The Morgan fingerprint density at radius 2 is 2.00 bits per heavy atom. The molecule has 1 saturated heterocycles. The lowest BCUT2D eigenvalue weighted by Crippen LogP contribution is -2.32. The second kappa shape index (κ2) is 7.37. The number of nitrogens with zero attached hydrogens (tertiary/aromatic N) is 1. The van der Waals surface area contributed by atoms with Gasteiger partial charge in [-0.1, -0.05) is 0 Å². The van der Waals surface area contributed by atoms with E-state index >= 15 is 0 Å². The molecule has 8 heteroatoms. The number of likely N-dealkylation sites (tertiary alicyclic amines) is 1. The molecule has 4 rings (SSSR count). The summed E-state index contributed by atoms with van der Waals surface area (Å²) in [5, 5.41) is 30.8. The van der Waals surface area contributed by atoms with Gasteiger partial charge < -0.3 is 30.4 Å². The Balaban J connectivity index is 2.01. The number of halogens is 1. The van der Waals surface area contributed by atoms with Crippen LogP contribution in [0.5, 0.6) is 11.5 Å². The van der Waals surface area contributed by atoms with Crippen molar-refractivity contribution in [2.45, 2.75) is 18.4 Å². The number of likely N-dealkylation sites (N-methyl/N-ethyl adjacent to an activating group) is 1. The Morgan fingerprint density at radius 3 is 2.69 bits per heavy atom. The number of fused-ring (bicyclic) bond motifs is 1. The highest BCUT2D eigenvalue weighted by molar-refractivity contribution is 9.10. The summed E-state index contributed by atoms with van der Waals surface area (Å²) in [6.07, 6.45) is 0.675. The van der Waals surface area contributed by atoms with Gasteiger partial charge in [0.05, 0.1) is 6.61 Å². The fourth-order valence-corrected chi connectivity index (χ4v) is 4.75. The van der Waals surface area contributed by atoms with Crippen LogP contribution >= 0.6 is 15.9 Å². The van der Waals surface area contributed by atoms with Gasteiger partial charge in [0.1, 0.15) is 28.2 Å². The van der Waals surface area contributed by atoms with Crippen LogP contribution in [0.15, 0.2) is 44.0 Å². The standard InChI is InChI=1S/C21H21BrN2O5/c1-24-5-4-12(14(24)9-25)19-15(26)7-16(27)20-17(28)8-18(29-21(19)20)11-3-2-10(23)6-13(11)22/h2-3,6-8,12,14,25-27H,4-5,9,23H2,1H3/t12?,14-/m1/s1. The Morgan fingerprint density at radius 1 is 1.24 bits per heavy atom. The number of hydrogen-bond donors (Lipinski definition) is 4. The van der Waals surface area contributed by atoms with Crippen molar-refractivity contribution in [1.29, 1.82) is 0 Å². The van der Waals surface area contributed by atoms with Gasteiger partial charge in [0.2, 0.25) is 0 Å². The molecule has 2 heterocycles. The minimum absolute atomic E-state index is 0.0133. The van der Waals surface area contributed by atoms with Gasteiger partial charge in [-0.2, -0.15) is 0 Å². The van der Waals surface area contributed by atoms with E-state index in [-0.39, 0.29) is 46.8 Å². The first-order chi connectivity index (χ1) is 13.8. The molecule has 5 N–H and O–H groups in total. The highest BCUT2D eigenvalue weighted by Gasteiger charge is 2.36. The van der Waals surface area contributed by atoms with E-state index in [0.717, 1.165) is 6.54 Å². The molecule has 0 amide bonds. The van der Waals surface area contributed by atoms with Gasteiger partial charge in [0.25, 0.3) is 0 Å². The number of anilines is 1. The smallest absolute Gasteiger partial charge is 0.197 e. The summed E-state index contributed by atoms with van der Waals surface area (Å²) < 4.78 is 6.74. The van der Waals surface area contributed by atoms with Crippen LogP contribution in [-0.2, 0) is 0 Å². The first kappa shape index (κ1) is 19.8. The largest absolute Gasteiger partial charge is 0.507 e. The van der Waals surface area contributed by atoms with E-state index in [9.17, 15) is 20.1 Å². The van der Waals surface area contributed by atoms with Crippen molar-refractivity contribution in [1.82, 2.24) is 4.90 Å². The third-order valence-corrected chi connectivity index (χ3v) is 6.29. The second-order valence-electron chi connectivity index (χ2n) is 7.37. The van der Waals surface area contributed by atoms with Gasteiger partial charge in [-0.05, 0) is 54.1 Å². The van der Waals surface area contributed by atoms with Gasteiger partial charge in [0.15, 0.2) is 5.43 Å². The minimum atomic E-state index is -0.421. The maximum atomic E-state index is 12.9. The number of benzene rings is 2. The highest BCUT2D eigenvalue weighted by atomic mass is 79.9. The molecule has 29 heavy (non-hydrogen) atoms. The number of hydrogen-bond acceptors (Lipinski definition) is 7. The number of rotatable bonds is 3. The van der Waals surface area contributed by atoms with Crippen LogP contribution in [0.25, 0.3) is 22.3 Å². The molecule has 2 aromatic carbocycles. The maximum Gasteiger partial charge on any atom is 0.197 e. The van der Waals surface area contributed by atoms with Crippen molar-refractivity contribution in [2.24, 2.45) is 0 Å². The average molecular weight is 461 g/mol. The van der Waals surface area contributed by atoms with E-state index in [1.165, 1.54) is 12.1 Å². The zero-order valence-corrected chi connectivity index (χ0v) is 17.3. The van der Waals surface area contributed by atoms with Gasteiger partial charge >= 0.3 is 0 Å². The zero-order valence-electron chi connectivity index (χ0n) is 15.7. The average Bonchev–Trinajstić information content (AvgIpc) is 3.01. The quantitative estimate of drug-likeness (QED) is 0.443. The number of aromatic hydroxyl groups is 2. The van der Waals surface area contributed by atoms with Crippen molar-refractivity contribution in [2.75, 3.05) is 25.9 Å². The summed E-state index contributed by atoms with van der Waals surface area (Å²) in [4.78, 5) is 14.9. The molecule has 152 valence electrons. The number of nitrogen functional groups attached to an aromatic ring is 1. The third kappa shape index (κ3) is 3.27. The van der Waals surface area contributed by atoms with E-state index in [4.69, 9.17) is 10.2 Å². The fourth-order valence-electron chi connectivity index (χ4n) is 4.16. The van der Waals surface area contributed by atoms with Crippen molar-refractivity contribution < 1.29 is 19.7 Å². The molecule has 1 fully saturated rings. The zero-order chi connectivity index (χ0) is 20.9. The summed E-state index contributed by atoms with van der Waals surface area (Å²) in [5.41, 5.74) is 7.11. The number of phenols is 2. The van der Waals surface area contributed by atoms with Gasteiger partial charge in [-0.3, -0.25) is 4.79 Å². The SMILES string of the molecule is CN1CCC(c2c(O)cc(O)c3c(=O)cc(-c4ccc(N)cc4Br)oc23)[C@H]1CO. The number of nitrogens with two attached hydrogens (primary N) is 1. The molecular formula is C21H21BrN2O5. The molecule has 0 aliphatic carbocycles. The monoisotopic (exact) mass is 460 g/mol. The molecule has 0 spiro atoms. The summed E-state index contributed by atoms with van der Waals surface area (Å²) in [6, 6.07) is 7.37. The van der Waals surface area contributed by atoms with Crippen LogP contribution in [0.4, 0.5) is 5.69 Å². The van der Waals surface area contributed by atoms with Gasteiger partial charge in [-0.25, -0.2) is 0 Å². The molecule has 1 aliphatic heterocycles. The van der Waals surface area contributed by atoms with Gasteiger partial charge in [-0.15, -0.1) is 0 Å². The fraction of sp³-hybridized carbons (Fsp3) is 0.286. The molecule has 1 unspecified atom stereocenters. The minimum Gasteiger partial charge on any atom is -0.507 e. The molecule has 1 aromatic heterocycles. The number of aliphatic hydroxyl groups is 1. The lowest BCUT2D eigenvalue weighted by molar-refractivity contribution is 0.172. The van der Waals surface area contributed by atoms with Crippen molar-refractivity contribution >= 4 is 32.6 Å². The van der Waals surface area contributed by atoms with Crippen LogP contribution in [0.3, 0.4) is 0 Å². The lowest BCUT2D eigenvalue weighted by Gasteiger charge is -2.24. The number of phenolic OH excluding ortho intramolecular Hbond substituents is 2. The first-order valence-electron chi connectivity index (χ1n) is 9.21. The summed E-state index contributed by atoms with van der Waals surface area (Å²) in [7, 11) is 1.90. The molecule has 0 radical (unpaired) electrons. The van der Waals surface area contributed by atoms with Crippen LogP contribution < -0.4 is 11.2 Å². The molecule has 2 atom stereocenters. The molecular weight excluding hydrogens is 440 g/mol. The maximum absolute atomic E-state index is 12.9. The van der Waals surface area contributed by atoms with Crippen LogP contribution in [-0.4, -0.2) is 46.5 Å². The van der Waals surface area contributed by atoms with E-state index in [0.29, 0.717) is 27.7 Å². The predicted octanol–water partition coefficient (Wildman–Crippen LogP) is 3.00. The van der Waals surface area contributed by atoms with Crippen molar-refractivity contribution in [3.8, 4) is 22.8 Å². The summed E-state index contributed by atoms with van der Waals surface area (Å²) in [5.74, 6) is -0.468. The Bertz CT molecular complexity index is 1160. The highest BCUT2D eigenvalue weighted by Crippen LogP contribution is 2.44. The van der Waals surface area contributed by atoms with Crippen LogP contribution in [0.2, 0.25) is 0 Å². The van der Waals surface area contributed by atoms with Crippen LogP contribution in [0, 0.1) is 0 Å². The van der Waals surface area contributed by atoms with Crippen LogP contribution in [0.1, 0.15) is 17.9 Å². The van der Waals surface area contributed by atoms with E-state index < -0.39 is 5.43 Å². The van der Waals surface area contributed by atoms with Crippen molar-refractivity contribution in [3.63, 3.8) is 0 Å². The van der Waals surface area contributed by atoms with E-state index in [2.05, 4.69) is 15.9 Å². The molecule has 1 aliphatic rings. The first-order valence-corrected chi connectivity index (χ1v) is 10.00. The Kier molecular flexibility index (Phi) is 5.02. The van der Waals surface area contributed by atoms with Gasteiger partial charge in [0, 0.05) is 45.4 Å². The molecule has 3 aromatic rings. The van der Waals surface area contributed by atoms with E-state index in [1.807, 2.05) is 11.9 Å². The molecule has 0 bridgehead atoms. The lowest BCUT2D eigenvalue weighted by atomic mass is 9.89. The van der Waals surface area contributed by atoms with Crippen molar-refractivity contribution in [3.05, 3.63) is 50.6 Å². The Hall–Kier alpha value is -2.55. The topological polar surface area (TPSA) is 120 Å². The normalized spacial score (nSPS) is 19.8. The summed E-state index contributed by atoms with van der Waals surface area (Å²) in [6.45, 7) is 0.627. The third-order valence-electron chi connectivity index (χ3n) is 5.64. The van der Waals surface area contributed by atoms with E-state index in [1.54, 1.807) is 18.2 Å². The Labute approximate surface area is 175 Å².